The van der Waals surface area contributed by atoms with Crippen molar-refractivity contribution < 1.29 is 34.0 Å². The number of aliphatic hydroxyl groups is 2. The number of nitrogens with one attached hydrogen (secondary N) is 1. The Balaban J connectivity index is 1.44. The fraction of sp³-hybridized carbons (Fsp3) is 0.696. The van der Waals surface area contributed by atoms with E-state index < -0.39 is 30.5 Å². The van der Waals surface area contributed by atoms with E-state index in [0.717, 1.165) is 12.8 Å². The Kier molecular flexibility index (Phi) is 7.53. The van der Waals surface area contributed by atoms with E-state index in [0.29, 0.717) is 23.4 Å². The summed E-state index contributed by atoms with van der Waals surface area (Å²) in [6, 6.07) is 0.0541. The maximum Gasteiger partial charge on any atom is 0.308 e. The number of carbonyl (C=O) groups is 2. The minimum absolute atomic E-state index is 0.0541. The second-order valence-electron chi connectivity index (χ2n) is 9.75. The van der Waals surface area contributed by atoms with Crippen molar-refractivity contribution in [3.63, 3.8) is 0 Å². The number of aromatic nitrogens is 4. The number of hydrogen-bond acceptors (Lipinski definition) is 11. The lowest BCUT2D eigenvalue weighted by Crippen LogP contribution is -2.34. The van der Waals surface area contributed by atoms with Crippen LogP contribution in [0.25, 0.3) is 11.2 Å². The summed E-state index contributed by atoms with van der Waals surface area (Å²) in [5.41, 5.74) is 0.898. The smallest absolute Gasteiger partial charge is 0.308 e. The van der Waals surface area contributed by atoms with Gasteiger partial charge in [0.2, 0.25) is 0 Å². The normalized spacial score (nSPS) is 28.7. The van der Waals surface area contributed by atoms with Crippen molar-refractivity contribution in [1.82, 2.24) is 19.5 Å². The van der Waals surface area contributed by atoms with Gasteiger partial charge in [0.1, 0.15) is 37.4 Å². The van der Waals surface area contributed by atoms with E-state index in [4.69, 9.17) is 14.2 Å². The van der Waals surface area contributed by atoms with Gasteiger partial charge in [-0.3, -0.25) is 14.2 Å². The Labute approximate surface area is 203 Å². The lowest BCUT2D eigenvalue weighted by molar-refractivity contribution is -0.154. The van der Waals surface area contributed by atoms with Crippen molar-refractivity contribution in [3.8, 4) is 0 Å². The first-order chi connectivity index (χ1) is 16.7. The van der Waals surface area contributed by atoms with Crippen molar-refractivity contribution in [2.75, 3.05) is 11.9 Å². The van der Waals surface area contributed by atoms with Gasteiger partial charge in [-0.05, 0) is 12.8 Å². The molecule has 12 nitrogen and oxygen atoms in total. The van der Waals surface area contributed by atoms with Crippen LogP contribution in [0.15, 0.2) is 12.7 Å². The molecule has 12 heteroatoms. The fourth-order valence-corrected chi connectivity index (χ4v) is 4.24. The molecule has 192 valence electrons. The van der Waals surface area contributed by atoms with Gasteiger partial charge in [-0.15, -0.1) is 0 Å². The monoisotopic (exact) mass is 491 g/mol. The highest BCUT2D eigenvalue weighted by Crippen LogP contribution is 2.33. The van der Waals surface area contributed by atoms with Gasteiger partial charge in [0.05, 0.1) is 18.2 Å². The van der Waals surface area contributed by atoms with Crippen molar-refractivity contribution in [1.29, 1.82) is 0 Å². The average molecular weight is 492 g/mol. The van der Waals surface area contributed by atoms with Gasteiger partial charge in [-0.2, -0.15) is 0 Å². The molecule has 0 aromatic carbocycles. The van der Waals surface area contributed by atoms with E-state index in [9.17, 15) is 19.8 Å². The molecule has 2 aromatic rings. The molecule has 3 heterocycles. The van der Waals surface area contributed by atoms with Crippen molar-refractivity contribution in [2.24, 2.45) is 11.8 Å². The number of hydrogen-bond donors (Lipinski definition) is 3. The highest BCUT2D eigenvalue weighted by molar-refractivity contribution is 5.83. The summed E-state index contributed by atoms with van der Waals surface area (Å²) in [6.45, 7) is 6.86. The van der Waals surface area contributed by atoms with Crippen LogP contribution in [-0.2, 0) is 23.8 Å². The minimum atomic E-state index is -1.27. The lowest BCUT2D eigenvalue weighted by atomic mass is 10.1. The summed E-state index contributed by atoms with van der Waals surface area (Å²) < 4.78 is 18.1. The Hall–Kier alpha value is -2.83. The van der Waals surface area contributed by atoms with Crippen LogP contribution in [-0.4, -0.2) is 78.7 Å². The van der Waals surface area contributed by atoms with E-state index >= 15 is 0 Å². The van der Waals surface area contributed by atoms with Gasteiger partial charge in [0.25, 0.3) is 0 Å². The zero-order valence-corrected chi connectivity index (χ0v) is 20.3. The predicted molar refractivity (Wildman–Crippen MR) is 123 cm³/mol. The molecule has 4 rings (SSSR count). The van der Waals surface area contributed by atoms with Crippen LogP contribution in [0.2, 0.25) is 0 Å². The van der Waals surface area contributed by atoms with Gasteiger partial charge < -0.3 is 29.7 Å². The molecule has 6 atom stereocenters. The molecule has 1 aliphatic carbocycles. The molecule has 2 unspecified atom stereocenters. The molecular weight excluding hydrogens is 458 g/mol. The summed E-state index contributed by atoms with van der Waals surface area (Å²) in [4.78, 5) is 36.7. The lowest BCUT2D eigenvalue weighted by Gasteiger charge is -2.17. The first-order valence-electron chi connectivity index (χ1n) is 12.0. The minimum Gasteiger partial charge on any atom is -0.463 e. The highest BCUT2D eigenvalue weighted by atomic mass is 16.6. The molecule has 2 aliphatic rings. The van der Waals surface area contributed by atoms with Crippen LogP contribution in [0.4, 0.5) is 5.82 Å². The molecule has 2 aromatic heterocycles. The van der Waals surface area contributed by atoms with E-state index in [1.165, 1.54) is 17.2 Å². The van der Waals surface area contributed by atoms with Crippen LogP contribution in [0.1, 0.15) is 53.2 Å². The largest absolute Gasteiger partial charge is 0.463 e. The molecule has 35 heavy (non-hydrogen) atoms. The number of aliphatic hydroxyl groups excluding tert-OH is 2. The molecule has 0 amide bonds. The van der Waals surface area contributed by atoms with Crippen LogP contribution in [0, 0.1) is 11.8 Å². The molecule has 1 saturated heterocycles. The molecular formula is C23H33N5O7. The summed E-state index contributed by atoms with van der Waals surface area (Å²) in [7, 11) is 0. The first-order valence-corrected chi connectivity index (χ1v) is 12.0. The maximum absolute atomic E-state index is 11.9. The number of ether oxygens (including phenoxy) is 3. The van der Waals surface area contributed by atoms with Crippen molar-refractivity contribution >= 4 is 28.9 Å². The van der Waals surface area contributed by atoms with Gasteiger partial charge in [-0.1, -0.05) is 27.7 Å². The number of carbonyl (C=O) groups excluding carboxylic acids is 2. The second-order valence-corrected chi connectivity index (χ2v) is 9.75. The predicted octanol–water partition coefficient (Wildman–Crippen LogP) is 1.18. The van der Waals surface area contributed by atoms with Crippen LogP contribution in [0.3, 0.4) is 0 Å². The SMILES string of the molecule is CC(C)C(=O)OCC1OC(n2cnc3c(N[C@@H]4CC[C@@H](OC(=O)C(C)C)C4)ncnc32)[C@H](O)[C@@H]1O. The zero-order valence-electron chi connectivity index (χ0n) is 20.3. The summed E-state index contributed by atoms with van der Waals surface area (Å²) in [6.07, 6.45) is 0.583. The van der Waals surface area contributed by atoms with Crippen LogP contribution >= 0.6 is 0 Å². The molecule has 1 aliphatic heterocycles. The Morgan fingerprint density at radius 1 is 1.11 bits per heavy atom. The molecule has 0 radical (unpaired) electrons. The Morgan fingerprint density at radius 3 is 2.57 bits per heavy atom. The number of anilines is 1. The number of esters is 2. The number of rotatable bonds is 8. The standard InChI is InChI=1S/C23H33N5O7/c1-11(2)22(31)33-8-15-17(29)18(30)21(35-15)28-10-26-16-19(24-9-25-20(16)28)27-13-5-6-14(7-13)34-23(32)12(3)4/h9-15,17-18,21,29-30H,5-8H2,1-4H3,(H,24,25,27)/t13-,14-,15?,17-,18-,21?/m1/s1. The third-order valence-corrected chi connectivity index (χ3v) is 6.31. The van der Waals surface area contributed by atoms with Crippen molar-refractivity contribution in [2.45, 2.75) is 83.6 Å². The van der Waals surface area contributed by atoms with Crippen molar-refractivity contribution in [3.05, 3.63) is 12.7 Å². The van der Waals surface area contributed by atoms with E-state index in [1.54, 1.807) is 13.8 Å². The highest BCUT2D eigenvalue weighted by Gasteiger charge is 2.45. The van der Waals surface area contributed by atoms with Gasteiger partial charge >= 0.3 is 11.9 Å². The molecule has 1 saturated carbocycles. The third kappa shape index (κ3) is 5.39. The topological polar surface area (TPSA) is 158 Å². The maximum atomic E-state index is 11.9. The second kappa shape index (κ2) is 10.4. The van der Waals surface area contributed by atoms with E-state index in [1.807, 2.05) is 13.8 Å². The first kappa shape index (κ1) is 25.3. The van der Waals surface area contributed by atoms with E-state index in [-0.39, 0.29) is 36.6 Å². The van der Waals surface area contributed by atoms with Gasteiger partial charge in [0.15, 0.2) is 23.2 Å². The summed E-state index contributed by atoms with van der Waals surface area (Å²) in [5.74, 6) is -0.574. The Morgan fingerprint density at radius 2 is 1.86 bits per heavy atom. The molecule has 0 spiro atoms. The van der Waals surface area contributed by atoms with Crippen LogP contribution < -0.4 is 5.32 Å². The van der Waals surface area contributed by atoms with E-state index in [2.05, 4.69) is 20.3 Å². The van der Waals surface area contributed by atoms with Gasteiger partial charge in [-0.25, -0.2) is 15.0 Å². The third-order valence-electron chi connectivity index (χ3n) is 6.31. The summed E-state index contributed by atoms with van der Waals surface area (Å²) >= 11 is 0. The fourth-order valence-electron chi connectivity index (χ4n) is 4.24. The number of nitrogens with zero attached hydrogens (tertiary/aromatic N) is 4. The zero-order chi connectivity index (χ0) is 25.3. The Bertz CT molecular complexity index is 1060. The van der Waals surface area contributed by atoms with Gasteiger partial charge in [0, 0.05) is 12.5 Å². The molecule has 0 bridgehead atoms. The number of fused-ring (bicyclic) bond motifs is 1. The average Bonchev–Trinajstić information content (AvgIpc) is 3.51. The van der Waals surface area contributed by atoms with Crippen LogP contribution in [0.5, 0.6) is 0 Å². The number of imidazole rings is 1. The summed E-state index contributed by atoms with van der Waals surface area (Å²) in [5, 5.41) is 24.4. The quantitative estimate of drug-likeness (QED) is 0.455. The molecule has 2 fully saturated rings. The molecule has 3 N–H and O–H groups in total.